The molecule has 116 valence electrons. The van der Waals surface area contributed by atoms with Crippen LogP contribution in [0.1, 0.15) is 23.7 Å². The molecule has 3 rings (SSSR count). The van der Waals surface area contributed by atoms with Gasteiger partial charge in [-0.1, -0.05) is 37.3 Å². The number of nitrogens with zero attached hydrogens (tertiary/aromatic N) is 2. The molecule has 0 atom stereocenters. The van der Waals surface area contributed by atoms with Gasteiger partial charge in [-0.25, -0.2) is 4.98 Å². The van der Waals surface area contributed by atoms with Crippen LogP contribution in [0.3, 0.4) is 0 Å². The van der Waals surface area contributed by atoms with Gasteiger partial charge in [0.15, 0.2) is 5.78 Å². The van der Waals surface area contributed by atoms with Crippen molar-refractivity contribution in [2.45, 2.75) is 19.9 Å². The summed E-state index contributed by atoms with van der Waals surface area (Å²) in [7, 11) is 0. The molecule has 5 heteroatoms. The second-order valence-electron chi connectivity index (χ2n) is 5.26. The predicted molar refractivity (Wildman–Crippen MR) is 87.4 cm³/mol. The molecule has 0 fully saturated rings. The van der Waals surface area contributed by atoms with Crippen molar-refractivity contribution in [3.8, 4) is 11.4 Å². The highest BCUT2D eigenvalue weighted by atomic mass is 16.4. The average Bonchev–Trinajstić information content (AvgIpc) is 2.92. The Morgan fingerprint density at radius 3 is 2.52 bits per heavy atom. The van der Waals surface area contributed by atoms with E-state index in [0.717, 1.165) is 5.56 Å². The summed E-state index contributed by atoms with van der Waals surface area (Å²) in [6, 6.07) is 14.6. The highest BCUT2D eigenvalue weighted by Crippen LogP contribution is 2.25. The molecule has 5 nitrogen and oxygen atoms in total. The Morgan fingerprint density at radius 2 is 1.87 bits per heavy atom. The summed E-state index contributed by atoms with van der Waals surface area (Å²) in [6.07, 6.45) is 0.423. The van der Waals surface area contributed by atoms with Gasteiger partial charge in [-0.15, -0.1) is 0 Å². The van der Waals surface area contributed by atoms with Gasteiger partial charge in [0.2, 0.25) is 0 Å². The number of carboxylic acids is 1. The number of carbonyl (C=O) groups is 2. The van der Waals surface area contributed by atoms with E-state index in [-0.39, 0.29) is 12.3 Å². The van der Waals surface area contributed by atoms with Gasteiger partial charge in [0.1, 0.15) is 12.4 Å². The lowest BCUT2D eigenvalue weighted by molar-refractivity contribution is -0.137. The van der Waals surface area contributed by atoms with Crippen molar-refractivity contribution in [3.63, 3.8) is 0 Å². The SMILES string of the molecule is CCC(=O)c1ccc2c(c1)nc(-c1ccccc1)n2CC(=O)O. The number of fused-ring (bicyclic) bond motifs is 1. The van der Waals surface area contributed by atoms with Crippen molar-refractivity contribution in [1.29, 1.82) is 0 Å². The number of aliphatic carboxylic acids is 1. The maximum Gasteiger partial charge on any atom is 0.323 e. The van der Waals surface area contributed by atoms with Crippen molar-refractivity contribution in [1.82, 2.24) is 9.55 Å². The molecule has 1 N–H and O–H groups in total. The summed E-state index contributed by atoms with van der Waals surface area (Å²) in [5.41, 5.74) is 2.77. The Hall–Kier alpha value is -2.95. The van der Waals surface area contributed by atoms with E-state index in [2.05, 4.69) is 4.98 Å². The fraction of sp³-hybridized carbons (Fsp3) is 0.167. The number of ketones is 1. The normalized spacial score (nSPS) is 10.8. The Morgan fingerprint density at radius 1 is 1.13 bits per heavy atom. The molecule has 0 aliphatic rings. The number of Topliss-reactive ketones (excluding diaryl/α,β-unsaturated/α-hetero) is 1. The highest BCUT2D eigenvalue weighted by molar-refractivity contribution is 5.99. The Balaban J connectivity index is 2.21. The molecule has 0 aliphatic heterocycles. The lowest BCUT2D eigenvalue weighted by Gasteiger charge is -2.06. The summed E-state index contributed by atoms with van der Waals surface area (Å²) in [6.45, 7) is 1.63. The molecule has 0 bridgehead atoms. The first-order chi connectivity index (χ1) is 11.1. The standard InChI is InChI=1S/C18H16N2O3/c1-2-16(21)13-8-9-15-14(10-13)19-18(20(15)11-17(22)23)12-6-4-3-5-7-12/h3-10H,2,11H2,1H3,(H,22,23). The van der Waals surface area contributed by atoms with Crippen LogP contribution in [0.25, 0.3) is 22.4 Å². The van der Waals surface area contributed by atoms with E-state index in [1.165, 1.54) is 0 Å². The first-order valence-electron chi connectivity index (χ1n) is 7.41. The van der Waals surface area contributed by atoms with Crippen LogP contribution in [0.2, 0.25) is 0 Å². The molecule has 0 spiro atoms. The fourth-order valence-corrected chi connectivity index (χ4v) is 2.61. The zero-order chi connectivity index (χ0) is 16.4. The first-order valence-corrected chi connectivity index (χ1v) is 7.41. The minimum atomic E-state index is -0.935. The molecule has 0 unspecified atom stereocenters. The third-order valence-corrected chi connectivity index (χ3v) is 3.72. The first kappa shape index (κ1) is 15.0. The maximum atomic E-state index is 11.9. The zero-order valence-electron chi connectivity index (χ0n) is 12.7. The van der Waals surface area contributed by atoms with Gasteiger partial charge in [0.05, 0.1) is 11.0 Å². The number of carbonyl (C=O) groups excluding carboxylic acids is 1. The molecule has 23 heavy (non-hydrogen) atoms. The number of benzene rings is 2. The van der Waals surface area contributed by atoms with Gasteiger partial charge in [-0.2, -0.15) is 0 Å². The number of hydrogen-bond donors (Lipinski definition) is 1. The van der Waals surface area contributed by atoms with Crippen LogP contribution in [0.15, 0.2) is 48.5 Å². The van der Waals surface area contributed by atoms with Gasteiger partial charge in [0.25, 0.3) is 0 Å². The van der Waals surface area contributed by atoms with Crippen LogP contribution in [-0.4, -0.2) is 26.4 Å². The van der Waals surface area contributed by atoms with Crippen LogP contribution >= 0.6 is 0 Å². The van der Waals surface area contributed by atoms with Crippen LogP contribution < -0.4 is 0 Å². The number of carboxylic acid groups (broad SMARTS) is 1. The maximum absolute atomic E-state index is 11.9. The molecule has 0 saturated heterocycles. The monoisotopic (exact) mass is 308 g/mol. The van der Waals surface area contributed by atoms with Crippen LogP contribution in [0, 0.1) is 0 Å². The molecule has 2 aromatic carbocycles. The van der Waals surface area contributed by atoms with Gasteiger partial charge < -0.3 is 9.67 Å². The molecule has 3 aromatic rings. The molecule has 1 aromatic heterocycles. The number of rotatable bonds is 5. The fourth-order valence-electron chi connectivity index (χ4n) is 2.61. The Kier molecular flexibility index (Phi) is 3.93. The van der Waals surface area contributed by atoms with Crippen LogP contribution in [-0.2, 0) is 11.3 Å². The van der Waals surface area contributed by atoms with E-state index in [0.29, 0.717) is 28.8 Å². The number of aromatic nitrogens is 2. The molecule has 0 radical (unpaired) electrons. The van der Waals surface area contributed by atoms with Crippen molar-refractivity contribution in [3.05, 3.63) is 54.1 Å². The van der Waals surface area contributed by atoms with E-state index in [1.54, 1.807) is 22.8 Å². The third-order valence-electron chi connectivity index (χ3n) is 3.72. The van der Waals surface area contributed by atoms with E-state index in [1.807, 2.05) is 37.3 Å². The molecule has 0 amide bonds. The van der Waals surface area contributed by atoms with Crippen molar-refractivity contribution in [2.24, 2.45) is 0 Å². The topological polar surface area (TPSA) is 72.2 Å². The molecular weight excluding hydrogens is 292 g/mol. The lowest BCUT2D eigenvalue weighted by atomic mass is 10.1. The van der Waals surface area contributed by atoms with Gasteiger partial charge >= 0.3 is 5.97 Å². The van der Waals surface area contributed by atoms with E-state index in [9.17, 15) is 14.7 Å². The largest absolute Gasteiger partial charge is 0.480 e. The quantitative estimate of drug-likeness (QED) is 0.733. The summed E-state index contributed by atoms with van der Waals surface area (Å²) >= 11 is 0. The molecular formula is C18H16N2O3. The van der Waals surface area contributed by atoms with E-state index < -0.39 is 5.97 Å². The second kappa shape index (κ2) is 6.04. The Bertz CT molecular complexity index is 882. The van der Waals surface area contributed by atoms with E-state index >= 15 is 0 Å². The predicted octanol–water partition coefficient (Wildman–Crippen LogP) is 3.38. The number of imidazole rings is 1. The van der Waals surface area contributed by atoms with E-state index in [4.69, 9.17) is 0 Å². The highest BCUT2D eigenvalue weighted by Gasteiger charge is 2.16. The Labute approximate surface area is 133 Å². The second-order valence-corrected chi connectivity index (χ2v) is 5.26. The summed E-state index contributed by atoms with van der Waals surface area (Å²) < 4.78 is 1.66. The van der Waals surface area contributed by atoms with Crippen LogP contribution in [0.4, 0.5) is 0 Å². The van der Waals surface area contributed by atoms with Crippen molar-refractivity contribution in [2.75, 3.05) is 0 Å². The minimum absolute atomic E-state index is 0.0425. The van der Waals surface area contributed by atoms with Crippen molar-refractivity contribution >= 4 is 22.8 Å². The zero-order valence-corrected chi connectivity index (χ0v) is 12.7. The average molecular weight is 308 g/mol. The summed E-state index contributed by atoms with van der Waals surface area (Å²) in [4.78, 5) is 27.6. The van der Waals surface area contributed by atoms with Crippen LogP contribution in [0.5, 0.6) is 0 Å². The summed E-state index contributed by atoms with van der Waals surface area (Å²) in [5.74, 6) is -0.305. The third kappa shape index (κ3) is 2.85. The molecule has 0 aliphatic carbocycles. The lowest BCUT2D eigenvalue weighted by Crippen LogP contribution is -2.10. The van der Waals surface area contributed by atoms with Gasteiger partial charge in [-0.3, -0.25) is 9.59 Å². The molecule has 1 heterocycles. The van der Waals surface area contributed by atoms with Crippen molar-refractivity contribution < 1.29 is 14.7 Å². The smallest absolute Gasteiger partial charge is 0.323 e. The van der Waals surface area contributed by atoms with Gasteiger partial charge in [-0.05, 0) is 18.2 Å². The van der Waals surface area contributed by atoms with Gasteiger partial charge in [0, 0.05) is 17.5 Å². The summed E-state index contributed by atoms with van der Waals surface area (Å²) in [5, 5.41) is 9.19. The molecule has 0 saturated carbocycles. The minimum Gasteiger partial charge on any atom is -0.480 e. The number of hydrogen-bond acceptors (Lipinski definition) is 3.